The van der Waals surface area contributed by atoms with Crippen LogP contribution in [0.1, 0.15) is 22.5 Å². The van der Waals surface area contributed by atoms with Crippen LogP contribution in [-0.4, -0.2) is 51.2 Å². The Morgan fingerprint density at radius 2 is 1.59 bits per heavy atom. The second kappa shape index (κ2) is 11.8. The van der Waals surface area contributed by atoms with Crippen LogP contribution in [0.5, 0.6) is 0 Å². The summed E-state index contributed by atoms with van der Waals surface area (Å²) in [5.74, 6) is 0.924. The maximum absolute atomic E-state index is 13.7. The van der Waals surface area contributed by atoms with Crippen molar-refractivity contribution in [2.24, 2.45) is 4.99 Å². The highest BCUT2D eigenvalue weighted by molar-refractivity contribution is 8.15. The number of aromatic nitrogens is 3. The van der Waals surface area contributed by atoms with Gasteiger partial charge in [0, 0.05) is 46.3 Å². The van der Waals surface area contributed by atoms with E-state index in [1.807, 2.05) is 66.9 Å². The van der Waals surface area contributed by atoms with Crippen LogP contribution >= 0.6 is 18.0 Å². The first-order chi connectivity index (χ1) is 22.0. The van der Waals surface area contributed by atoms with Gasteiger partial charge < -0.3 is 13.8 Å². The third kappa shape index (κ3) is 5.40. The van der Waals surface area contributed by atoms with Gasteiger partial charge in [-0.1, -0.05) is 35.9 Å². The molecule has 0 radical (unpaired) electrons. The van der Waals surface area contributed by atoms with Gasteiger partial charge in [0.1, 0.15) is 11.0 Å². The molecule has 2 aromatic heterocycles. The number of benzene rings is 3. The van der Waals surface area contributed by atoms with Gasteiger partial charge in [-0.05, 0) is 86.3 Å². The molecule has 7 nitrogen and oxygen atoms in total. The Balaban J connectivity index is 1.49. The van der Waals surface area contributed by atoms with Crippen LogP contribution in [0, 0.1) is 13.8 Å². The van der Waals surface area contributed by atoms with Gasteiger partial charge in [-0.3, -0.25) is 0 Å². The van der Waals surface area contributed by atoms with E-state index in [9.17, 15) is 13.2 Å². The van der Waals surface area contributed by atoms with Gasteiger partial charge in [0.15, 0.2) is 5.82 Å². The van der Waals surface area contributed by atoms with Gasteiger partial charge in [0.2, 0.25) is 12.3 Å². The SMILES string of the molecule is Cc1cc(-c2nn(-c3ccccc3)c3c2P(=S)(N2CCOCC2)OC(c2ccc(Cl)cc2)=N3)c(C)n1-c1cccc(C(F)(F)F)c1. The van der Waals surface area contributed by atoms with Crippen molar-refractivity contribution in [2.75, 3.05) is 26.3 Å². The highest BCUT2D eigenvalue weighted by atomic mass is 35.5. The minimum atomic E-state index is -4.47. The fraction of sp³-hybridized carbons (Fsp3) is 0.212. The van der Waals surface area contributed by atoms with Crippen molar-refractivity contribution >= 4 is 46.8 Å². The predicted molar refractivity (Wildman–Crippen MR) is 178 cm³/mol. The molecule has 4 heterocycles. The largest absolute Gasteiger partial charge is 0.431 e. The number of aliphatic imine (C=N–C) groups is 1. The number of aryl methyl sites for hydroxylation is 1. The van der Waals surface area contributed by atoms with Crippen LogP contribution < -0.4 is 5.30 Å². The third-order valence-corrected chi connectivity index (χ3v) is 12.4. The van der Waals surface area contributed by atoms with Crippen molar-refractivity contribution in [3.8, 4) is 22.6 Å². The molecule has 2 aliphatic rings. The number of hydrogen-bond acceptors (Lipinski definition) is 5. The normalized spacial score (nSPS) is 18.6. The highest BCUT2D eigenvalue weighted by Crippen LogP contribution is 2.58. The second-order valence-corrected chi connectivity index (χ2v) is 15.2. The van der Waals surface area contributed by atoms with Crippen molar-refractivity contribution < 1.29 is 22.4 Å². The third-order valence-electron chi connectivity index (χ3n) is 8.11. The van der Waals surface area contributed by atoms with Crippen molar-refractivity contribution in [3.63, 3.8) is 0 Å². The predicted octanol–water partition coefficient (Wildman–Crippen LogP) is 7.99. The summed E-state index contributed by atoms with van der Waals surface area (Å²) in [6.45, 7) is 5.85. The van der Waals surface area contributed by atoms with Gasteiger partial charge in [-0.25, -0.2) is 9.35 Å². The molecule has 0 saturated carbocycles. The number of rotatable bonds is 5. The van der Waals surface area contributed by atoms with E-state index >= 15 is 0 Å². The molecule has 2 aliphatic heterocycles. The van der Waals surface area contributed by atoms with E-state index in [0.29, 0.717) is 65.4 Å². The van der Waals surface area contributed by atoms with Gasteiger partial charge in [-0.2, -0.15) is 23.3 Å². The Hall–Kier alpha value is -3.73. The summed E-state index contributed by atoms with van der Waals surface area (Å²) in [5, 5.41) is 6.42. The van der Waals surface area contributed by atoms with Crippen LogP contribution in [0.2, 0.25) is 5.02 Å². The summed E-state index contributed by atoms with van der Waals surface area (Å²) in [5.41, 5.74) is 3.97. The van der Waals surface area contributed by atoms with Crippen LogP contribution in [0.4, 0.5) is 19.0 Å². The fourth-order valence-corrected chi connectivity index (χ4v) is 9.64. The molecular weight excluding hydrogens is 654 g/mol. The second-order valence-electron chi connectivity index (χ2n) is 11.0. The average Bonchev–Trinajstić information content (AvgIpc) is 3.58. The molecule has 0 N–H and O–H groups in total. The molecule has 7 rings (SSSR count). The van der Waals surface area contributed by atoms with Gasteiger partial charge in [0.05, 0.1) is 24.5 Å². The Bertz CT molecular complexity index is 2020. The summed E-state index contributed by atoms with van der Waals surface area (Å²) >= 11 is 12.8. The molecule has 1 saturated heterocycles. The number of halogens is 4. The minimum absolute atomic E-state index is 0.372. The topological polar surface area (TPSA) is 56.8 Å². The lowest BCUT2D eigenvalue weighted by molar-refractivity contribution is -0.137. The smallest absolute Gasteiger partial charge is 0.416 e. The summed E-state index contributed by atoms with van der Waals surface area (Å²) in [6.07, 6.45) is -7.53. The molecular formula is C33H28ClF3N5O2PS. The lowest BCUT2D eigenvalue weighted by atomic mass is 10.1. The zero-order valence-electron chi connectivity index (χ0n) is 24.8. The zero-order valence-corrected chi connectivity index (χ0v) is 27.3. The molecule has 13 heteroatoms. The van der Waals surface area contributed by atoms with Crippen LogP contribution in [0.3, 0.4) is 0 Å². The van der Waals surface area contributed by atoms with Crippen LogP contribution in [0.15, 0.2) is 89.9 Å². The molecule has 46 heavy (non-hydrogen) atoms. The van der Waals surface area contributed by atoms with Gasteiger partial charge in [0.25, 0.3) is 0 Å². The van der Waals surface area contributed by atoms with E-state index in [-0.39, 0.29) is 0 Å². The molecule has 0 amide bonds. The van der Waals surface area contributed by atoms with Crippen LogP contribution in [0.25, 0.3) is 22.6 Å². The monoisotopic (exact) mass is 681 g/mol. The maximum Gasteiger partial charge on any atom is 0.416 e. The Morgan fingerprint density at radius 1 is 0.891 bits per heavy atom. The van der Waals surface area contributed by atoms with Crippen molar-refractivity contribution in [3.05, 3.63) is 112 Å². The number of nitrogens with zero attached hydrogens (tertiary/aromatic N) is 5. The molecule has 1 unspecified atom stereocenters. The minimum Gasteiger partial charge on any atom is -0.431 e. The molecule has 1 fully saturated rings. The van der Waals surface area contributed by atoms with Crippen LogP contribution in [-0.2, 0) is 27.2 Å². The summed E-state index contributed by atoms with van der Waals surface area (Å²) in [6, 6.07) is 24.1. The van der Waals surface area contributed by atoms with E-state index in [2.05, 4.69) is 4.67 Å². The maximum atomic E-state index is 13.7. The molecule has 0 aliphatic carbocycles. The number of para-hydroxylation sites is 1. The zero-order chi connectivity index (χ0) is 32.2. The number of morpholine rings is 1. The molecule has 0 spiro atoms. The van der Waals surface area contributed by atoms with Crippen molar-refractivity contribution in [1.29, 1.82) is 0 Å². The Kier molecular flexibility index (Phi) is 7.93. The summed E-state index contributed by atoms with van der Waals surface area (Å²) in [7, 11) is 0. The Labute approximate surface area is 274 Å². The lowest BCUT2D eigenvalue weighted by Crippen LogP contribution is -2.39. The highest BCUT2D eigenvalue weighted by Gasteiger charge is 2.44. The number of fused-ring (bicyclic) bond motifs is 1. The lowest BCUT2D eigenvalue weighted by Gasteiger charge is -2.38. The molecule has 1 atom stereocenters. The van der Waals surface area contributed by atoms with Gasteiger partial charge in [-0.15, -0.1) is 0 Å². The quantitative estimate of drug-likeness (QED) is 0.176. The number of hydrogen-bond donors (Lipinski definition) is 0. The van der Waals surface area contributed by atoms with E-state index in [4.69, 9.17) is 42.8 Å². The number of ether oxygens (including phenoxy) is 1. The van der Waals surface area contributed by atoms with E-state index in [1.165, 1.54) is 6.07 Å². The molecule has 236 valence electrons. The van der Waals surface area contributed by atoms with E-state index < -0.39 is 18.2 Å². The average molecular weight is 682 g/mol. The summed E-state index contributed by atoms with van der Waals surface area (Å²) < 4.78 is 59.2. The molecule has 0 bridgehead atoms. The van der Waals surface area contributed by atoms with E-state index in [1.54, 1.807) is 22.9 Å². The Morgan fingerprint density at radius 3 is 2.28 bits per heavy atom. The first-order valence-corrected chi connectivity index (χ1v) is 17.6. The van der Waals surface area contributed by atoms with Crippen molar-refractivity contribution in [1.82, 2.24) is 19.0 Å². The van der Waals surface area contributed by atoms with E-state index in [0.717, 1.165) is 34.6 Å². The molecule has 3 aromatic carbocycles. The fourth-order valence-electron chi connectivity index (χ4n) is 5.92. The van der Waals surface area contributed by atoms with Crippen molar-refractivity contribution in [2.45, 2.75) is 20.0 Å². The standard InChI is InChI=1S/C33H28ClF3N5O2PS/c1-21-19-28(22(2)41(21)27-10-6-7-24(20-27)33(35,36)37)29-30-31(42(39-29)26-8-4-3-5-9-26)38-32(23-11-13-25(34)14-12-23)44-45(30,46)40-15-17-43-18-16-40/h3-14,19-20H,15-18H2,1-2H3. The van der Waals surface area contributed by atoms with Gasteiger partial charge >= 0.3 is 6.18 Å². The molecule has 5 aromatic rings. The first-order valence-electron chi connectivity index (χ1n) is 14.6. The number of alkyl halides is 3. The summed E-state index contributed by atoms with van der Waals surface area (Å²) in [4.78, 5) is 5.04. The first kappa shape index (κ1) is 30.9.